The van der Waals surface area contributed by atoms with E-state index in [-0.39, 0.29) is 0 Å². The van der Waals surface area contributed by atoms with Gasteiger partial charge in [-0.05, 0) is 56.7 Å². The van der Waals surface area contributed by atoms with E-state index in [2.05, 4.69) is 53.8 Å². The first-order valence-electron chi connectivity index (χ1n) is 4.98. The van der Waals surface area contributed by atoms with Gasteiger partial charge in [-0.15, -0.1) is 0 Å². The van der Waals surface area contributed by atoms with E-state index in [9.17, 15) is 0 Å². The fourth-order valence-electron chi connectivity index (χ4n) is 1.35. The van der Waals surface area contributed by atoms with Crippen LogP contribution in [0.4, 0.5) is 17.2 Å². The molecule has 0 radical (unpaired) electrons. The van der Waals surface area contributed by atoms with E-state index in [1.165, 1.54) is 13.4 Å². The quantitative estimate of drug-likeness (QED) is 0.746. The van der Waals surface area contributed by atoms with Crippen molar-refractivity contribution in [3.8, 4) is 5.88 Å². The number of ether oxygens (including phenoxy) is 1. The Morgan fingerprint density at radius 2 is 2.17 bits per heavy atom. The van der Waals surface area contributed by atoms with Crippen molar-refractivity contribution in [3.63, 3.8) is 0 Å². The summed E-state index contributed by atoms with van der Waals surface area (Å²) >= 11 is 5.71. The van der Waals surface area contributed by atoms with E-state index in [0.29, 0.717) is 17.4 Å². The van der Waals surface area contributed by atoms with Crippen LogP contribution in [0.1, 0.15) is 0 Å². The summed E-state index contributed by atoms with van der Waals surface area (Å²) in [6.45, 7) is 0. The van der Waals surface area contributed by atoms with Crippen molar-refractivity contribution in [3.05, 3.63) is 32.6 Å². The standard InChI is InChI=1S/C11H10BrIN4O/c1-18-11-9(14)10(15-5-16-11)17-6-2-3-8(13)7(12)4-6/h2-5H,14H2,1H3,(H,15,16,17). The van der Waals surface area contributed by atoms with Crippen molar-refractivity contribution in [2.24, 2.45) is 0 Å². The number of rotatable bonds is 3. The van der Waals surface area contributed by atoms with Crippen molar-refractivity contribution in [2.45, 2.75) is 0 Å². The van der Waals surface area contributed by atoms with E-state index < -0.39 is 0 Å². The SMILES string of the molecule is COc1ncnc(Nc2ccc(I)c(Br)c2)c1N. The van der Waals surface area contributed by atoms with Crippen LogP contribution in [-0.4, -0.2) is 17.1 Å². The average molecular weight is 421 g/mol. The van der Waals surface area contributed by atoms with Gasteiger partial charge in [-0.1, -0.05) is 0 Å². The minimum Gasteiger partial charge on any atom is -0.479 e. The minimum atomic E-state index is 0.358. The fourth-order valence-corrected chi connectivity index (χ4v) is 2.07. The predicted octanol–water partition coefficient (Wildman–Crippen LogP) is 3.18. The molecule has 0 saturated carbocycles. The maximum absolute atomic E-state index is 5.88. The summed E-state index contributed by atoms with van der Waals surface area (Å²) in [5.74, 6) is 0.882. The first-order chi connectivity index (χ1) is 8.61. The molecular formula is C11H10BrIN4O. The number of benzene rings is 1. The van der Waals surface area contributed by atoms with Gasteiger partial charge in [-0.3, -0.25) is 0 Å². The molecule has 1 heterocycles. The zero-order valence-electron chi connectivity index (χ0n) is 9.45. The summed E-state index contributed by atoms with van der Waals surface area (Å²) in [5.41, 5.74) is 7.15. The maximum atomic E-state index is 5.88. The molecule has 0 aliphatic heterocycles. The molecule has 0 aliphatic carbocycles. The number of halogens is 2. The molecule has 0 bridgehead atoms. The highest BCUT2D eigenvalue weighted by atomic mass is 127. The monoisotopic (exact) mass is 420 g/mol. The Labute approximate surface area is 126 Å². The highest BCUT2D eigenvalue weighted by molar-refractivity contribution is 14.1. The molecule has 3 N–H and O–H groups in total. The molecule has 1 aromatic carbocycles. The van der Waals surface area contributed by atoms with Gasteiger partial charge in [-0.2, -0.15) is 4.98 Å². The molecular weight excluding hydrogens is 411 g/mol. The number of hydrogen-bond donors (Lipinski definition) is 2. The molecule has 2 rings (SSSR count). The number of nitrogens with zero attached hydrogens (tertiary/aromatic N) is 2. The minimum absolute atomic E-state index is 0.358. The second kappa shape index (κ2) is 5.70. The zero-order chi connectivity index (χ0) is 13.1. The second-order valence-corrected chi connectivity index (χ2v) is 5.42. The van der Waals surface area contributed by atoms with Crippen molar-refractivity contribution in [2.75, 3.05) is 18.2 Å². The van der Waals surface area contributed by atoms with Crippen LogP contribution >= 0.6 is 38.5 Å². The maximum Gasteiger partial charge on any atom is 0.242 e. The van der Waals surface area contributed by atoms with Crippen LogP contribution < -0.4 is 15.8 Å². The van der Waals surface area contributed by atoms with Gasteiger partial charge in [0.15, 0.2) is 5.82 Å². The molecule has 7 heteroatoms. The van der Waals surface area contributed by atoms with Gasteiger partial charge in [0.05, 0.1) is 7.11 Å². The van der Waals surface area contributed by atoms with Crippen LogP contribution in [0.5, 0.6) is 5.88 Å². The molecule has 0 fully saturated rings. The molecule has 5 nitrogen and oxygen atoms in total. The lowest BCUT2D eigenvalue weighted by molar-refractivity contribution is 0.399. The average Bonchev–Trinajstić information content (AvgIpc) is 2.36. The Morgan fingerprint density at radius 1 is 1.39 bits per heavy atom. The summed E-state index contributed by atoms with van der Waals surface area (Å²) < 4.78 is 7.18. The third-order valence-electron chi connectivity index (χ3n) is 2.22. The number of nitrogens with one attached hydrogen (secondary N) is 1. The molecule has 0 spiro atoms. The highest BCUT2D eigenvalue weighted by Gasteiger charge is 2.08. The van der Waals surface area contributed by atoms with Crippen LogP contribution in [-0.2, 0) is 0 Å². The Hall–Kier alpha value is -1.09. The first kappa shape index (κ1) is 13.3. The van der Waals surface area contributed by atoms with Crippen LogP contribution in [0.15, 0.2) is 29.0 Å². The molecule has 0 unspecified atom stereocenters. The summed E-state index contributed by atoms with van der Waals surface area (Å²) in [6.07, 6.45) is 1.40. The van der Waals surface area contributed by atoms with E-state index in [1.54, 1.807) is 0 Å². The van der Waals surface area contributed by atoms with Gasteiger partial charge in [-0.25, -0.2) is 4.98 Å². The Balaban J connectivity index is 2.31. The van der Waals surface area contributed by atoms with Crippen LogP contribution in [0.3, 0.4) is 0 Å². The number of methoxy groups -OCH3 is 1. The van der Waals surface area contributed by atoms with Crippen molar-refractivity contribution in [1.29, 1.82) is 0 Å². The van der Waals surface area contributed by atoms with Gasteiger partial charge in [0.2, 0.25) is 5.88 Å². The largest absolute Gasteiger partial charge is 0.479 e. The first-order valence-corrected chi connectivity index (χ1v) is 6.85. The van der Waals surface area contributed by atoms with E-state index in [4.69, 9.17) is 10.5 Å². The molecule has 94 valence electrons. The lowest BCUT2D eigenvalue weighted by atomic mass is 10.3. The van der Waals surface area contributed by atoms with Crippen molar-refractivity contribution < 1.29 is 4.74 Å². The van der Waals surface area contributed by atoms with Crippen LogP contribution in [0, 0.1) is 3.57 Å². The summed E-state index contributed by atoms with van der Waals surface area (Å²) in [7, 11) is 1.52. The summed E-state index contributed by atoms with van der Waals surface area (Å²) in [5, 5.41) is 3.13. The van der Waals surface area contributed by atoms with Gasteiger partial charge < -0.3 is 15.8 Å². The zero-order valence-corrected chi connectivity index (χ0v) is 13.2. The highest BCUT2D eigenvalue weighted by Crippen LogP contribution is 2.29. The molecule has 18 heavy (non-hydrogen) atoms. The van der Waals surface area contributed by atoms with Crippen LogP contribution in [0.25, 0.3) is 0 Å². The molecule has 2 aromatic rings. The normalized spacial score (nSPS) is 10.2. The smallest absolute Gasteiger partial charge is 0.242 e. The number of nitrogen functional groups attached to an aromatic ring is 1. The molecule has 0 aliphatic rings. The lowest BCUT2D eigenvalue weighted by Gasteiger charge is -2.10. The van der Waals surface area contributed by atoms with E-state index in [1.807, 2.05) is 18.2 Å². The second-order valence-electron chi connectivity index (χ2n) is 3.40. The molecule has 0 saturated heterocycles. The Morgan fingerprint density at radius 3 is 2.83 bits per heavy atom. The Bertz CT molecular complexity index is 579. The summed E-state index contributed by atoms with van der Waals surface area (Å²) in [6, 6.07) is 5.89. The topological polar surface area (TPSA) is 73.1 Å². The van der Waals surface area contributed by atoms with Gasteiger partial charge in [0.25, 0.3) is 0 Å². The third kappa shape index (κ3) is 2.83. The van der Waals surface area contributed by atoms with E-state index in [0.717, 1.165) is 13.7 Å². The summed E-state index contributed by atoms with van der Waals surface area (Å²) in [4.78, 5) is 8.01. The van der Waals surface area contributed by atoms with E-state index >= 15 is 0 Å². The number of aromatic nitrogens is 2. The molecule has 0 atom stereocenters. The fraction of sp³-hybridized carbons (Fsp3) is 0.0909. The van der Waals surface area contributed by atoms with Crippen molar-refractivity contribution >= 4 is 55.7 Å². The molecule has 0 amide bonds. The van der Waals surface area contributed by atoms with Gasteiger partial charge in [0, 0.05) is 13.7 Å². The molecule has 1 aromatic heterocycles. The number of anilines is 3. The van der Waals surface area contributed by atoms with Gasteiger partial charge >= 0.3 is 0 Å². The van der Waals surface area contributed by atoms with Crippen molar-refractivity contribution in [1.82, 2.24) is 9.97 Å². The Kier molecular flexibility index (Phi) is 4.23. The third-order valence-corrected chi connectivity index (χ3v) is 4.56. The lowest BCUT2D eigenvalue weighted by Crippen LogP contribution is -2.03. The number of nitrogens with two attached hydrogens (primary N) is 1. The number of hydrogen-bond acceptors (Lipinski definition) is 5. The van der Waals surface area contributed by atoms with Gasteiger partial charge in [0.1, 0.15) is 12.0 Å². The predicted molar refractivity (Wildman–Crippen MR) is 83.1 cm³/mol. The van der Waals surface area contributed by atoms with Crippen LogP contribution in [0.2, 0.25) is 0 Å².